The maximum Gasteiger partial charge on any atom is 0.417 e. The molecule has 108 valence electrons. The molecule has 0 aliphatic heterocycles. The molecule has 2 atom stereocenters. The molecule has 0 saturated heterocycles. The standard InChI is InChI=1S/C15H17F3N2/c1-10-3-2-4-12(10)9-20-13-6-5-11(8-19)14(7-13)15(16,17)18/h5-7,10,12,20H,2-4,9H2,1H3. The molecule has 1 saturated carbocycles. The highest BCUT2D eigenvalue weighted by atomic mass is 19.4. The molecule has 1 aliphatic rings. The Morgan fingerprint density at radius 3 is 2.65 bits per heavy atom. The SMILES string of the molecule is CC1CCCC1CNc1ccc(C#N)c(C(F)(F)F)c1. The molecule has 1 fully saturated rings. The van der Waals surface area contributed by atoms with Gasteiger partial charge in [0.2, 0.25) is 0 Å². The van der Waals surface area contributed by atoms with Gasteiger partial charge in [-0.05, 0) is 36.5 Å². The highest BCUT2D eigenvalue weighted by Crippen LogP contribution is 2.34. The molecule has 0 radical (unpaired) electrons. The minimum atomic E-state index is -4.50. The molecule has 2 rings (SSSR count). The summed E-state index contributed by atoms with van der Waals surface area (Å²) in [5.41, 5.74) is -0.780. The average Bonchev–Trinajstić information content (AvgIpc) is 2.80. The van der Waals surface area contributed by atoms with E-state index in [1.54, 1.807) is 6.07 Å². The van der Waals surface area contributed by atoms with Gasteiger partial charge in [-0.15, -0.1) is 0 Å². The zero-order valence-electron chi connectivity index (χ0n) is 11.3. The molecule has 20 heavy (non-hydrogen) atoms. The van der Waals surface area contributed by atoms with Gasteiger partial charge in [0.1, 0.15) is 0 Å². The molecule has 0 aromatic heterocycles. The van der Waals surface area contributed by atoms with Crippen LogP contribution < -0.4 is 5.32 Å². The number of nitrogens with zero attached hydrogens (tertiary/aromatic N) is 1. The molecule has 1 aromatic rings. The summed E-state index contributed by atoms with van der Waals surface area (Å²) in [6.07, 6.45) is -0.998. The van der Waals surface area contributed by atoms with Crippen LogP contribution in [-0.2, 0) is 6.18 Å². The van der Waals surface area contributed by atoms with Crippen LogP contribution in [0.4, 0.5) is 18.9 Å². The Morgan fingerprint density at radius 2 is 2.10 bits per heavy atom. The maximum atomic E-state index is 12.8. The van der Waals surface area contributed by atoms with Gasteiger partial charge in [-0.2, -0.15) is 18.4 Å². The molecule has 1 aliphatic carbocycles. The van der Waals surface area contributed by atoms with Crippen molar-refractivity contribution in [3.63, 3.8) is 0 Å². The Kier molecular flexibility index (Phi) is 4.22. The number of hydrogen-bond acceptors (Lipinski definition) is 2. The zero-order valence-corrected chi connectivity index (χ0v) is 11.3. The van der Waals surface area contributed by atoms with Crippen molar-refractivity contribution in [2.75, 3.05) is 11.9 Å². The van der Waals surface area contributed by atoms with Gasteiger partial charge in [-0.3, -0.25) is 0 Å². The summed E-state index contributed by atoms with van der Waals surface area (Å²) in [6.45, 7) is 2.86. The smallest absolute Gasteiger partial charge is 0.385 e. The summed E-state index contributed by atoms with van der Waals surface area (Å²) in [5.74, 6) is 1.13. The van der Waals surface area contributed by atoms with E-state index < -0.39 is 11.7 Å². The van der Waals surface area contributed by atoms with Gasteiger partial charge >= 0.3 is 6.18 Å². The summed E-state index contributed by atoms with van der Waals surface area (Å²) in [7, 11) is 0. The molecule has 5 heteroatoms. The van der Waals surface area contributed by atoms with E-state index in [9.17, 15) is 13.2 Å². The second-order valence-electron chi connectivity index (χ2n) is 5.42. The van der Waals surface area contributed by atoms with Crippen molar-refractivity contribution in [2.24, 2.45) is 11.8 Å². The topological polar surface area (TPSA) is 35.8 Å². The lowest BCUT2D eigenvalue weighted by Gasteiger charge is -2.18. The summed E-state index contributed by atoms with van der Waals surface area (Å²) < 4.78 is 38.5. The van der Waals surface area contributed by atoms with E-state index in [2.05, 4.69) is 12.2 Å². The van der Waals surface area contributed by atoms with Crippen LogP contribution in [0, 0.1) is 23.2 Å². The van der Waals surface area contributed by atoms with E-state index in [0.717, 1.165) is 12.5 Å². The van der Waals surface area contributed by atoms with E-state index in [0.29, 0.717) is 24.1 Å². The molecular weight excluding hydrogens is 265 g/mol. The van der Waals surface area contributed by atoms with Crippen molar-refractivity contribution in [3.05, 3.63) is 29.3 Å². The molecular formula is C15H17F3N2. The predicted molar refractivity (Wildman–Crippen MR) is 71.2 cm³/mol. The average molecular weight is 282 g/mol. The number of hydrogen-bond donors (Lipinski definition) is 1. The maximum absolute atomic E-state index is 12.8. The second kappa shape index (κ2) is 5.74. The van der Waals surface area contributed by atoms with Gasteiger partial charge in [0.05, 0.1) is 17.2 Å². The van der Waals surface area contributed by atoms with Crippen molar-refractivity contribution >= 4 is 5.69 Å². The Morgan fingerprint density at radius 1 is 1.35 bits per heavy atom. The third-order valence-corrected chi connectivity index (χ3v) is 4.05. The minimum absolute atomic E-state index is 0.336. The number of alkyl halides is 3. The fourth-order valence-electron chi connectivity index (χ4n) is 2.76. The van der Waals surface area contributed by atoms with Crippen LogP contribution in [0.2, 0.25) is 0 Å². The van der Waals surface area contributed by atoms with Crippen molar-refractivity contribution in [1.82, 2.24) is 0 Å². The van der Waals surface area contributed by atoms with Crippen LogP contribution in [0.15, 0.2) is 18.2 Å². The van der Waals surface area contributed by atoms with Crippen LogP contribution in [0.25, 0.3) is 0 Å². The first-order valence-electron chi connectivity index (χ1n) is 6.77. The molecule has 0 amide bonds. The monoisotopic (exact) mass is 282 g/mol. The molecule has 1 aromatic carbocycles. The molecule has 2 unspecified atom stereocenters. The van der Waals surface area contributed by atoms with Crippen molar-refractivity contribution < 1.29 is 13.2 Å². The van der Waals surface area contributed by atoms with Gasteiger partial charge in [0.25, 0.3) is 0 Å². The van der Waals surface area contributed by atoms with Gasteiger partial charge in [-0.1, -0.05) is 19.8 Å². The summed E-state index contributed by atoms with van der Waals surface area (Å²) in [6, 6.07) is 5.37. The fourth-order valence-corrected chi connectivity index (χ4v) is 2.76. The zero-order chi connectivity index (χ0) is 14.8. The number of halogens is 3. The number of rotatable bonds is 3. The van der Waals surface area contributed by atoms with Crippen LogP contribution in [0.5, 0.6) is 0 Å². The van der Waals surface area contributed by atoms with Gasteiger partial charge in [0, 0.05) is 12.2 Å². The van der Waals surface area contributed by atoms with E-state index >= 15 is 0 Å². The Labute approximate surface area is 116 Å². The fraction of sp³-hybridized carbons (Fsp3) is 0.533. The highest BCUT2D eigenvalue weighted by molar-refractivity contribution is 5.53. The largest absolute Gasteiger partial charge is 0.417 e. The number of nitriles is 1. The predicted octanol–water partition coefficient (Wildman–Crippen LogP) is 4.43. The third-order valence-electron chi connectivity index (χ3n) is 4.05. The van der Waals surface area contributed by atoms with Gasteiger partial charge in [-0.25, -0.2) is 0 Å². The van der Waals surface area contributed by atoms with Gasteiger partial charge < -0.3 is 5.32 Å². The molecule has 0 bridgehead atoms. The highest BCUT2D eigenvalue weighted by Gasteiger charge is 2.34. The van der Waals surface area contributed by atoms with E-state index in [1.807, 2.05) is 0 Å². The van der Waals surface area contributed by atoms with E-state index in [1.165, 1.54) is 25.0 Å². The number of anilines is 1. The molecule has 0 spiro atoms. The third kappa shape index (κ3) is 3.24. The van der Waals surface area contributed by atoms with Crippen LogP contribution in [0.3, 0.4) is 0 Å². The minimum Gasteiger partial charge on any atom is -0.385 e. The molecule has 2 nitrogen and oxygen atoms in total. The Bertz CT molecular complexity index is 517. The Hall–Kier alpha value is -1.70. The summed E-state index contributed by atoms with van der Waals surface area (Å²) in [5, 5.41) is 11.8. The number of benzene rings is 1. The lowest BCUT2D eigenvalue weighted by molar-refractivity contribution is -0.137. The normalized spacial score (nSPS) is 22.6. The van der Waals surface area contributed by atoms with E-state index in [-0.39, 0.29) is 5.56 Å². The van der Waals surface area contributed by atoms with E-state index in [4.69, 9.17) is 5.26 Å². The summed E-state index contributed by atoms with van der Waals surface area (Å²) in [4.78, 5) is 0. The van der Waals surface area contributed by atoms with Crippen LogP contribution >= 0.6 is 0 Å². The first kappa shape index (κ1) is 14.7. The first-order chi connectivity index (χ1) is 9.41. The second-order valence-corrected chi connectivity index (χ2v) is 5.42. The quantitative estimate of drug-likeness (QED) is 0.890. The lowest BCUT2D eigenvalue weighted by atomic mass is 9.98. The van der Waals surface area contributed by atoms with Crippen LogP contribution in [-0.4, -0.2) is 6.54 Å². The lowest BCUT2D eigenvalue weighted by Crippen LogP contribution is -2.17. The molecule has 1 N–H and O–H groups in total. The van der Waals surface area contributed by atoms with Crippen molar-refractivity contribution in [3.8, 4) is 6.07 Å². The summed E-state index contributed by atoms with van der Waals surface area (Å²) >= 11 is 0. The Balaban J connectivity index is 2.11. The molecule has 0 heterocycles. The van der Waals surface area contributed by atoms with Crippen molar-refractivity contribution in [1.29, 1.82) is 5.26 Å². The number of nitrogens with one attached hydrogen (secondary N) is 1. The van der Waals surface area contributed by atoms with Gasteiger partial charge in [0.15, 0.2) is 0 Å². The van der Waals surface area contributed by atoms with Crippen molar-refractivity contribution in [2.45, 2.75) is 32.4 Å². The van der Waals surface area contributed by atoms with Crippen LogP contribution in [0.1, 0.15) is 37.3 Å². The first-order valence-corrected chi connectivity index (χ1v) is 6.77.